The molecule has 11 heteroatoms. The van der Waals surface area contributed by atoms with Crippen LogP contribution in [0.1, 0.15) is 40.0 Å². The van der Waals surface area contributed by atoms with Crippen molar-refractivity contribution in [3.63, 3.8) is 0 Å². The van der Waals surface area contributed by atoms with E-state index in [1.807, 2.05) is 0 Å². The molecule has 0 bridgehead atoms. The average molecular weight is 435 g/mol. The number of carboxylic acid groups (broad SMARTS) is 1. The Bertz CT molecular complexity index is 572. The molecule has 0 unspecified atom stereocenters. The zero-order valence-electron chi connectivity index (χ0n) is 16.9. The first kappa shape index (κ1) is 25.2. The van der Waals surface area contributed by atoms with Gasteiger partial charge in [0.2, 0.25) is 5.91 Å². The number of hydrogen-bond donors (Lipinski definition) is 2. The van der Waals surface area contributed by atoms with Gasteiger partial charge in [0.05, 0.1) is 25.7 Å². The first-order chi connectivity index (χ1) is 13.7. The van der Waals surface area contributed by atoms with E-state index < -0.39 is 36.2 Å². The third-order valence-electron chi connectivity index (χ3n) is 3.91. The number of thioether (sulfide) groups is 1. The standard InChI is InChI=1S/C18H29NO9S/c1-11-18(28-13(3)21)14(27-12(2)20)10-17(26-11)29-9-8-25-7-6-19-15(22)4-5-16(23)24/h11,14,17-18H,4-10H2,1-3H3,(H,19,22)(H,23,24)/t11-,14-,17-,18-/m0/s1. The van der Waals surface area contributed by atoms with Crippen molar-refractivity contribution in [1.29, 1.82) is 0 Å². The van der Waals surface area contributed by atoms with Gasteiger partial charge in [-0.15, -0.1) is 11.8 Å². The molecule has 0 aliphatic carbocycles. The van der Waals surface area contributed by atoms with Gasteiger partial charge in [-0.1, -0.05) is 0 Å². The van der Waals surface area contributed by atoms with E-state index in [2.05, 4.69) is 5.32 Å². The summed E-state index contributed by atoms with van der Waals surface area (Å²) in [4.78, 5) is 44.4. The first-order valence-electron chi connectivity index (χ1n) is 9.36. The number of aliphatic carboxylic acids is 1. The van der Waals surface area contributed by atoms with Crippen LogP contribution in [0.4, 0.5) is 0 Å². The number of nitrogens with one attached hydrogen (secondary N) is 1. The molecule has 1 saturated heterocycles. The van der Waals surface area contributed by atoms with Crippen molar-refractivity contribution in [1.82, 2.24) is 5.32 Å². The van der Waals surface area contributed by atoms with Gasteiger partial charge in [-0.2, -0.15) is 0 Å². The lowest BCUT2D eigenvalue weighted by Gasteiger charge is -2.38. The summed E-state index contributed by atoms with van der Waals surface area (Å²) < 4.78 is 21.8. The van der Waals surface area contributed by atoms with E-state index in [0.717, 1.165) is 0 Å². The fourth-order valence-electron chi connectivity index (χ4n) is 2.71. The monoisotopic (exact) mass is 435 g/mol. The van der Waals surface area contributed by atoms with Crippen LogP contribution in [0.3, 0.4) is 0 Å². The Morgan fingerprint density at radius 2 is 1.79 bits per heavy atom. The molecule has 0 saturated carbocycles. The van der Waals surface area contributed by atoms with Gasteiger partial charge >= 0.3 is 17.9 Å². The van der Waals surface area contributed by atoms with Crippen molar-refractivity contribution in [2.75, 3.05) is 25.5 Å². The molecule has 2 N–H and O–H groups in total. The maximum Gasteiger partial charge on any atom is 0.303 e. The van der Waals surface area contributed by atoms with E-state index in [9.17, 15) is 19.2 Å². The second-order valence-electron chi connectivity index (χ2n) is 6.46. The summed E-state index contributed by atoms with van der Waals surface area (Å²) in [5, 5.41) is 11.1. The van der Waals surface area contributed by atoms with Crippen LogP contribution >= 0.6 is 11.8 Å². The summed E-state index contributed by atoms with van der Waals surface area (Å²) in [7, 11) is 0. The average Bonchev–Trinajstić information content (AvgIpc) is 2.61. The summed E-state index contributed by atoms with van der Waals surface area (Å²) in [6.07, 6.45) is -1.49. The molecule has 0 radical (unpaired) electrons. The predicted molar refractivity (Wildman–Crippen MR) is 103 cm³/mol. The Morgan fingerprint density at radius 1 is 1.10 bits per heavy atom. The molecule has 1 amide bonds. The van der Waals surface area contributed by atoms with Crippen LogP contribution in [0.15, 0.2) is 0 Å². The molecule has 166 valence electrons. The van der Waals surface area contributed by atoms with E-state index in [-0.39, 0.29) is 24.2 Å². The highest BCUT2D eigenvalue weighted by molar-refractivity contribution is 7.99. The maximum atomic E-state index is 11.4. The minimum absolute atomic E-state index is 0.0553. The molecule has 4 atom stereocenters. The van der Waals surface area contributed by atoms with Gasteiger partial charge < -0.3 is 29.4 Å². The lowest BCUT2D eigenvalue weighted by Crippen LogP contribution is -2.50. The third-order valence-corrected chi connectivity index (χ3v) is 4.98. The van der Waals surface area contributed by atoms with E-state index in [1.54, 1.807) is 6.92 Å². The second kappa shape index (κ2) is 13.4. The molecule has 1 heterocycles. The highest BCUT2D eigenvalue weighted by Crippen LogP contribution is 2.31. The van der Waals surface area contributed by atoms with Crippen LogP contribution in [0.5, 0.6) is 0 Å². The largest absolute Gasteiger partial charge is 0.481 e. The van der Waals surface area contributed by atoms with Crippen molar-refractivity contribution in [2.24, 2.45) is 0 Å². The molecule has 29 heavy (non-hydrogen) atoms. The Morgan fingerprint density at radius 3 is 2.41 bits per heavy atom. The van der Waals surface area contributed by atoms with Gasteiger partial charge in [0.1, 0.15) is 11.5 Å². The van der Waals surface area contributed by atoms with E-state index in [0.29, 0.717) is 31.9 Å². The zero-order chi connectivity index (χ0) is 21.8. The Balaban J connectivity index is 2.25. The first-order valence-corrected chi connectivity index (χ1v) is 10.4. The molecule has 0 aromatic carbocycles. The number of rotatable bonds is 12. The molecule has 1 aliphatic rings. The van der Waals surface area contributed by atoms with Gasteiger partial charge in [-0.05, 0) is 6.92 Å². The number of carbonyl (C=O) groups excluding carboxylic acids is 3. The van der Waals surface area contributed by atoms with Crippen LogP contribution in [0.2, 0.25) is 0 Å². The summed E-state index contributed by atoms with van der Waals surface area (Å²) in [5.41, 5.74) is -0.236. The molecular formula is C18H29NO9S. The summed E-state index contributed by atoms with van der Waals surface area (Å²) in [6, 6.07) is 0. The molecule has 10 nitrogen and oxygen atoms in total. The van der Waals surface area contributed by atoms with Crippen molar-refractivity contribution in [2.45, 2.75) is 63.8 Å². The summed E-state index contributed by atoms with van der Waals surface area (Å²) in [6.45, 7) is 5.41. The van der Waals surface area contributed by atoms with Crippen LogP contribution in [-0.4, -0.2) is 78.2 Å². The van der Waals surface area contributed by atoms with Crippen LogP contribution in [-0.2, 0) is 38.1 Å². The Kier molecular flexibility index (Phi) is 11.6. The fraction of sp³-hybridized carbons (Fsp3) is 0.778. The normalized spacial score (nSPS) is 23.8. The summed E-state index contributed by atoms with van der Waals surface area (Å²) in [5.74, 6) is -1.62. The maximum absolute atomic E-state index is 11.4. The highest BCUT2D eigenvalue weighted by atomic mass is 32.2. The number of ether oxygens (including phenoxy) is 4. The quantitative estimate of drug-likeness (QED) is 0.333. The van der Waals surface area contributed by atoms with Gasteiger partial charge in [-0.25, -0.2) is 0 Å². The number of esters is 2. The SMILES string of the molecule is CC(=O)O[C@H]1[C@H](C)O[C@@H](SCCOCCNC(=O)CCC(=O)O)C[C@@H]1OC(C)=O. The molecule has 1 aliphatic heterocycles. The zero-order valence-corrected chi connectivity index (χ0v) is 17.7. The van der Waals surface area contributed by atoms with Crippen molar-refractivity contribution < 1.29 is 43.2 Å². The van der Waals surface area contributed by atoms with Gasteiger partial charge in [0.15, 0.2) is 6.10 Å². The lowest BCUT2D eigenvalue weighted by molar-refractivity contribution is -0.194. The number of hydrogen-bond acceptors (Lipinski definition) is 9. The number of amides is 1. The van der Waals surface area contributed by atoms with Crippen LogP contribution in [0, 0.1) is 0 Å². The van der Waals surface area contributed by atoms with Crippen LogP contribution in [0.25, 0.3) is 0 Å². The highest BCUT2D eigenvalue weighted by Gasteiger charge is 2.40. The van der Waals surface area contributed by atoms with Crippen molar-refractivity contribution in [3.8, 4) is 0 Å². The minimum atomic E-state index is -1.01. The molecule has 0 spiro atoms. The minimum Gasteiger partial charge on any atom is -0.481 e. The molecular weight excluding hydrogens is 406 g/mol. The lowest BCUT2D eigenvalue weighted by atomic mass is 10.0. The van der Waals surface area contributed by atoms with E-state index in [4.69, 9.17) is 24.1 Å². The van der Waals surface area contributed by atoms with E-state index >= 15 is 0 Å². The molecule has 1 rings (SSSR count). The number of carbonyl (C=O) groups is 4. The summed E-state index contributed by atoms with van der Waals surface area (Å²) >= 11 is 1.50. The van der Waals surface area contributed by atoms with Crippen molar-refractivity contribution >= 4 is 35.6 Å². The second-order valence-corrected chi connectivity index (χ2v) is 7.72. The van der Waals surface area contributed by atoms with Crippen molar-refractivity contribution in [3.05, 3.63) is 0 Å². The molecule has 0 aromatic heterocycles. The Hall–Kier alpha value is -1.85. The fourth-order valence-corrected chi connectivity index (χ4v) is 3.77. The Labute approximate surface area is 174 Å². The smallest absolute Gasteiger partial charge is 0.303 e. The third kappa shape index (κ3) is 11.1. The van der Waals surface area contributed by atoms with Gasteiger partial charge in [0.25, 0.3) is 0 Å². The van der Waals surface area contributed by atoms with Crippen LogP contribution < -0.4 is 5.32 Å². The van der Waals surface area contributed by atoms with Gasteiger partial charge in [0, 0.05) is 39.0 Å². The van der Waals surface area contributed by atoms with E-state index in [1.165, 1.54) is 25.6 Å². The molecule has 0 aromatic rings. The predicted octanol–water partition coefficient (Wildman–Crippen LogP) is 0.716. The van der Waals surface area contributed by atoms with Gasteiger partial charge in [-0.3, -0.25) is 19.2 Å². The topological polar surface area (TPSA) is 137 Å². The molecule has 1 fully saturated rings. The number of carboxylic acids is 1.